The Bertz CT molecular complexity index is 691. The standard InChI is InChI=1S/C15H15FN2O/c16-15-11(4-1-5-12(15)17)9-18-13-6-2-3-10(13)7-8-14(18)19/h1,4-5,7-8H,2-3,6,9,17H2. The molecule has 0 amide bonds. The van der Waals surface area contributed by atoms with E-state index in [1.807, 2.05) is 6.07 Å². The van der Waals surface area contributed by atoms with Gasteiger partial charge < -0.3 is 10.3 Å². The molecule has 0 bridgehead atoms. The largest absolute Gasteiger partial charge is 0.396 e. The number of nitrogens with two attached hydrogens (primary N) is 1. The quantitative estimate of drug-likeness (QED) is 0.839. The summed E-state index contributed by atoms with van der Waals surface area (Å²) >= 11 is 0. The van der Waals surface area contributed by atoms with Crippen molar-refractivity contribution in [3.8, 4) is 0 Å². The maximum atomic E-state index is 13.9. The van der Waals surface area contributed by atoms with E-state index in [1.54, 1.807) is 22.8 Å². The van der Waals surface area contributed by atoms with Gasteiger partial charge in [0, 0.05) is 17.3 Å². The first kappa shape index (κ1) is 12.0. The summed E-state index contributed by atoms with van der Waals surface area (Å²) in [7, 11) is 0. The summed E-state index contributed by atoms with van der Waals surface area (Å²) in [4.78, 5) is 12.0. The van der Waals surface area contributed by atoms with Gasteiger partial charge in [0.2, 0.25) is 0 Å². The first-order valence-electron chi connectivity index (χ1n) is 6.41. The zero-order valence-electron chi connectivity index (χ0n) is 10.5. The number of halogens is 1. The fourth-order valence-electron chi connectivity index (χ4n) is 2.70. The van der Waals surface area contributed by atoms with E-state index >= 15 is 0 Å². The predicted molar refractivity (Wildman–Crippen MR) is 72.6 cm³/mol. The molecule has 1 aromatic heterocycles. The van der Waals surface area contributed by atoms with Crippen LogP contribution in [0.15, 0.2) is 35.1 Å². The van der Waals surface area contributed by atoms with Gasteiger partial charge in [0.1, 0.15) is 0 Å². The minimum absolute atomic E-state index is 0.0810. The van der Waals surface area contributed by atoms with E-state index in [-0.39, 0.29) is 17.8 Å². The lowest BCUT2D eigenvalue weighted by Gasteiger charge is -2.13. The van der Waals surface area contributed by atoms with E-state index in [9.17, 15) is 9.18 Å². The van der Waals surface area contributed by atoms with Crippen LogP contribution < -0.4 is 11.3 Å². The van der Waals surface area contributed by atoms with Gasteiger partial charge in [0.25, 0.3) is 5.56 Å². The Labute approximate surface area is 110 Å². The normalized spacial score (nSPS) is 13.5. The number of nitrogens with zero attached hydrogens (tertiary/aromatic N) is 1. The fourth-order valence-corrected chi connectivity index (χ4v) is 2.70. The monoisotopic (exact) mass is 258 g/mol. The molecule has 0 radical (unpaired) electrons. The number of benzene rings is 1. The lowest BCUT2D eigenvalue weighted by molar-refractivity contribution is 0.595. The van der Waals surface area contributed by atoms with Crippen LogP contribution in [0.5, 0.6) is 0 Å². The second kappa shape index (κ2) is 4.53. The van der Waals surface area contributed by atoms with Crippen LogP contribution in [0.1, 0.15) is 23.2 Å². The SMILES string of the molecule is Nc1cccc(Cn2c3c(ccc2=O)CCC3)c1F. The molecule has 0 saturated carbocycles. The van der Waals surface area contributed by atoms with Crippen LogP contribution in [-0.2, 0) is 19.4 Å². The number of aromatic nitrogens is 1. The summed E-state index contributed by atoms with van der Waals surface area (Å²) in [5.41, 5.74) is 8.30. The minimum Gasteiger partial charge on any atom is -0.396 e. The Morgan fingerprint density at radius 1 is 1.21 bits per heavy atom. The summed E-state index contributed by atoms with van der Waals surface area (Å²) in [6.07, 6.45) is 2.93. The van der Waals surface area contributed by atoms with E-state index in [2.05, 4.69) is 0 Å². The third kappa shape index (κ3) is 2.03. The van der Waals surface area contributed by atoms with Gasteiger partial charge in [-0.1, -0.05) is 18.2 Å². The van der Waals surface area contributed by atoms with E-state index < -0.39 is 5.82 Å². The number of pyridine rings is 1. The van der Waals surface area contributed by atoms with Gasteiger partial charge in [-0.15, -0.1) is 0 Å². The number of hydrogen-bond donors (Lipinski definition) is 1. The molecule has 0 aliphatic heterocycles. The maximum Gasteiger partial charge on any atom is 0.251 e. The minimum atomic E-state index is -0.426. The average molecular weight is 258 g/mol. The first-order chi connectivity index (χ1) is 9.16. The third-order valence-corrected chi connectivity index (χ3v) is 3.69. The molecule has 0 unspecified atom stereocenters. The molecule has 1 aliphatic rings. The number of hydrogen-bond acceptors (Lipinski definition) is 2. The van der Waals surface area contributed by atoms with Crippen molar-refractivity contribution < 1.29 is 4.39 Å². The highest BCUT2D eigenvalue weighted by atomic mass is 19.1. The molecule has 2 aromatic rings. The molecule has 0 saturated heterocycles. The number of aryl methyl sites for hydroxylation is 1. The Balaban J connectivity index is 2.07. The van der Waals surface area contributed by atoms with Gasteiger partial charge in [-0.2, -0.15) is 0 Å². The second-order valence-electron chi connectivity index (χ2n) is 4.90. The average Bonchev–Trinajstić information content (AvgIpc) is 2.86. The van der Waals surface area contributed by atoms with Crippen LogP contribution in [0, 0.1) is 5.82 Å². The van der Waals surface area contributed by atoms with Crippen molar-refractivity contribution in [2.75, 3.05) is 5.73 Å². The molecule has 0 atom stereocenters. The maximum absolute atomic E-state index is 13.9. The van der Waals surface area contributed by atoms with Crippen LogP contribution in [-0.4, -0.2) is 4.57 Å². The van der Waals surface area contributed by atoms with Gasteiger partial charge in [-0.3, -0.25) is 4.79 Å². The molecule has 0 fully saturated rings. The molecule has 2 N–H and O–H groups in total. The number of rotatable bonds is 2. The molecule has 0 spiro atoms. The van der Waals surface area contributed by atoms with Crippen LogP contribution in [0.4, 0.5) is 10.1 Å². The molecule has 19 heavy (non-hydrogen) atoms. The predicted octanol–water partition coefficient (Wildman–Crippen LogP) is 2.11. The molecule has 3 nitrogen and oxygen atoms in total. The molecule has 98 valence electrons. The summed E-state index contributed by atoms with van der Waals surface area (Å²) in [6, 6.07) is 8.36. The second-order valence-corrected chi connectivity index (χ2v) is 4.90. The van der Waals surface area contributed by atoms with Crippen molar-refractivity contribution in [3.63, 3.8) is 0 Å². The van der Waals surface area contributed by atoms with Crippen molar-refractivity contribution in [1.82, 2.24) is 4.57 Å². The lowest BCUT2D eigenvalue weighted by atomic mass is 10.1. The summed E-state index contributed by atoms with van der Waals surface area (Å²) in [6.45, 7) is 0.249. The van der Waals surface area contributed by atoms with E-state index in [0.29, 0.717) is 5.56 Å². The van der Waals surface area contributed by atoms with Gasteiger partial charge in [0.05, 0.1) is 12.2 Å². The Kier molecular flexibility index (Phi) is 2.85. The van der Waals surface area contributed by atoms with E-state index in [1.165, 1.54) is 11.6 Å². The number of nitrogen functional groups attached to an aromatic ring is 1. The van der Waals surface area contributed by atoms with Crippen LogP contribution in [0.25, 0.3) is 0 Å². The highest BCUT2D eigenvalue weighted by molar-refractivity contribution is 5.43. The Hall–Kier alpha value is -2.10. The molecular weight excluding hydrogens is 243 g/mol. The smallest absolute Gasteiger partial charge is 0.251 e. The zero-order valence-corrected chi connectivity index (χ0v) is 10.5. The molecular formula is C15H15FN2O. The van der Waals surface area contributed by atoms with Crippen molar-refractivity contribution >= 4 is 5.69 Å². The van der Waals surface area contributed by atoms with Crippen molar-refractivity contribution in [1.29, 1.82) is 0 Å². The topological polar surface area (TPSA) is 48.0 Å². The zero-order chi connectivity index (χ0) is 13.4. The number of anilines is 1. The summed E-state index contributed by atoms with van der Waals surface area (Å²) in [5.74, 6) is -0.426. The third-order valence-electron chi connectivity index (χ3n) is 3.69. The first-order valence-corrected chi connectivity index (χ1v) is 6.41. The summed E-state index contributed by atoms with van der Waals surface area (Å²) < 4.78 is 15.6. The van der Waals surface area contributed by atoms with Gasteiger partial charge in [-0.05, 0) is 30.9 Å². The highest BCUT2D eigenvalue weighted by Crippen LogP contribution is 2.22. The van der Waals surface area contributed by atoms with E-state index in [4.69, 9.17) is 5.73 Å². The lowest BCUT2D eigenvalue weighted by Crippen LogP contribution is -2.23. The number of fused-ring (bicyclic) bond motifs is 1. The summed E-state index contributed by atoms with van der Waals surface area (Å²) in [5, 5.41) is 0. The Morgan fingerprint density at radius 2 is 2.05 bits per heavy atom. The van der Waals surface area contributed by atoms with Crippen LogP contribution >= 0.6 is 0 Å². The molecule has 4 heteroatoms. The van der Waals surface area contributed by atoms with Gasteiger partial charge in [0.15, 0.2) is 5.82 Å². The van der Waals surface area contributed by atoms with Crippen LogP contribution in [0.3, 0.4) is 0 Å². The van der Waals surface area contributed by atoms with Crippen molar-refractivity contribution in [2.24, 2.45) is 0 Å². The van der Waals surface area contributed by atoms with Crippen molar-refractivity contribution in [3.05, 3.63) is 63.3 Å². The van der Waals surface area contributed by atoms with Crippen molar-refractivity contribution in [2.45, 2.75) is 25.8 Å². The molecule has 1 heterocycles. The van der Waals surface area contributed by atoms with Gasteiger partial charge in [-0.25, -0.2) is 4.39 Å². The highest BCUT2D eigenvalue weighted by Gasteiger charge is 2.17. The van der Waals surface area contributed by atoms with Gasteiger partial charge >= 0.3 is 0 Å². The fraction of sp³-hybridized carbons (Fsp3) is 0.267. The molecule has 1 aromatic carbocycles. The Morgan fingerprint density at radius 3 is 2.89 bits per heavy atom. The van der Waals surface area contributed by atoms with E-state index in [0.717, 1.165) is 25.0 Å². The molecule has 1 aliphatic carbocycles. The van der Waals surface area contributed by atoms with Crippen LogP contribution in [0.2, 0.25) is 0 Å². The molecule has 3 rings (SSSR count).